The molecule has 138 valence electrons. The van der Waals surface area contributed by atoms with Crippen LogP contribution in [0.3, 0.4) is 0 Å². The topological polar surface area (TPSA) is 55.3 Å². The Balaban J connectivity index is 1.48. The summed E-state index contributed by atoms with van der Waals surface area (Å²) in [6.45, 7) is 5.24. The summed E-state index contributed by atoms with van der Waals surface area (Å²) in [4.78, 5) is 23.1. The molecule has 1 aliphatic rings. The van der Waals surface area contributed by atoms with E-state index in [1.54, 1.807) is 11.8 Å². The minimum absolute atomic E-state index is 0.000485. The van der Waals surface area contributed by atoms with Gasteiger partial charge in [0.05, 0.1) is 12.3 Å². The SMILES string of the molecule is Cc1cc(OC2CCCN(C(=O)CSCc3ccccc3)C2)nc(C)n1. The van der Waals surface area contributed by atoms with Gasteiger partial charge in [-0.05, 0) is 32.3 Å². The Morgan fingerprint density at radius 3 is 2.85 bits per heavy atom. The van der Waals surface area contributed by atoms with Gasteiger partial charge in [0.1, 0.15) is 11.9 Å². The van der Waals surface area contributed by atoms with Crippen molar-refractivity contribution in [3.63, 3.8) is 0 Å². The molecule has 0 spiro atoms. The minimum Gasteiger partial charge on any atom is -0.472 e. The number of aryl methyl sites for hydroxylation is 2. The minimum atomic E-state index is 0.000485. The van der Waals surface area contributed by atoms with Crippen molar-refractivity contribution in [3.05, 3.63) is 53.5 Å². The molecule has 0 aliphatic carbocycles. The number of piperidine rings is 1. The lowest BCUT2D eigenvalue weighted by Crippen LogP contribution is -2.45. The quantitative estimate of drug-likeness (QED) is 0.779. The van der Waals surface area contributed by atoms with Crippen LogP contribution < -0.4 is 4.74 Å². The van der Waals surface area contributed by atoms with Crippen LogP contribution in [0.2, 0.25) is 0 Å². The van der Waals surface area contributed by atoms with Crippen LogP contribution in [0.5, 0.6) is 5.88 Å². The van der Waals surface area contributed by atoms with Crippen LogP contribution in [-0.2, 0) is 10.5 Å². The fourth-order valence-corrected chi connectivity index (χ4v) is 3.98. The molecule has 26 heavy (non-hydrogen) atoms. The Morgan fingerprint density at radius 2 is 2.08 bits per heavy atom. The third kappa shape index (κ3) is 5.46. The van der Waals surface area contributed by atoms with Crippen molar-refractivity contribution < 1.29 is 9.53 Å². The molecular formula is C20H25N3O2S. The zero-order chi connectivity index (χ0) is 18.4. The molecule has 2 heterocycles. The molecule has 0 N–H and O–H groups in total. The van der Waals surface area contributed by atoms with Crippen LogP contribution in [0.25, 0.3) is 0 Å². The third-order valence-corrected chi connectivity index (χ3v) is 5.29. The van der Waals surface area contributed by atoms with E-state index in [-0.39, 0.29) is 12.0 Å². The number of ether oxygens (including phenoxy) is 1. The summed E-state index contributed by atoms with van der Waals surface area (Å²) in [6, 6.07) is 12.1. The first-order valence-electron chi connectivity index (χ1n) is 8.98. The summed E-state index contributed by atoms with van der Waals surface area (Å²) in [5, 5.41) is 0. The van der Waals surface area contributed by atoms with Gasteiger partial charge in [-0.15, -0.1) is 11.8 Å². The molecule has 1 aliphatic heterocycles. The van der Waals surface area contributed by atoms with Crippen molar-refractivity contribution in [2.75, 3.05) is 18.8 Å². The summed E-state index contributed by atoms with van der Waals surface area (Å²) in [5.74, 6) is 2.87. The van der Waals surface area contributed by atoms with E-state index in [4.69, 9.17) is 4.74 Å². The molecule has 3 rings (SSSR count). The lowest BCUT2D eigenvalue weighted by atomic mass is 10.1. The highest BCUT2D eigenvalue weighted by Gasteiger charge is 2.25. The van der Waals surface area contributed by atoms with Crippen LogP contribution >= 0.6 is 11.8 Å². The van der Waals surface area contributed by atoms with Gasteiger partial charge >= 0.3 is 0 Å². The second-order valence-corrected chi connectivity index (χ2v) is 7.58. The number of carbonyl (C=O) groups is 1. The predicted octanol–water partition coefficient (Wildman–Crippen LogP) is 3.40. The summed E-state index contributed by atoms with van der Waals surface area (Å²) < 4.78 is 6.02. The number of hydrogen-bond donors (Lipinski definition) is 0. The van der Waals surface area contributed by atoms with Crippen molar-refractivity contribution in [1.82, 2.24) is 14.9 Å². The number of thioether (sulfide) groups is 1. The van der Waals surface area contributed by atoms with Gasteiger partial charge in [-0.25, -0.2) is 4.98 Å². The fourth-order valence-electron chi connectivity index (χ4n) is 3.10. The second-order valence-electron chi connectivity index (χ2n) is 6.60. The van der Waals surface area contributed by atoms with Crippen molar-refractivity contribution in [2.45, 2.75) is 38.5 Å². The first-order chi connectivity index (χ1) is 12.6. The van der Waals surface area contributed by atoms with Crippen molar-refractivity contribution in [3.8, 4) is 5.88 Å². The Kier molecular flexibility index (Phi) is 6.50. The summed E-state index contributed by atoms with van der Waals surface area (Å²) >= 11 is 1.66. The second kappa shape index (κ2) is 9.03. The Hall–Kier alpha value is -2.08. The van der Waals surface area contributed by atoms with Gasteiger partial charge in [0.2, 0.25) is 11.8 Å². The predicted molar refractivity (Wildman–Crippen MR) is 104 cm³/mol. The van der Waals surface area contributed by atoms with E-state index >= 15 is 0 Å². The Morgan fingerprint density at radius 1 is 1.27 bits per heavy atom. The van der Waals surface area contributed by atoms with Crippen molar-refractivity contribution >= 4 is 17.7 Å². The highest BCUT2D eigenvalue weighted by Crippen LogP contribution is 2.19. The van der Waals surface area contributed by atoms with Gasteiger partial charge in [-0.3, -0.25) is 4.79 Å². The summed E-state index contributed by atoms with van der Waals surface area (Å²) in [6.07, 6.45) is 1.91. The number of nitrogens with zero attached hydrogens (tertiary/aromatic N) is 3. The van der Waals surface area contributed by atoms with Gasteiger partial charge < -0.3 is 9.64 Å². The zero-order valence-corrected chi connectivity index (χ0v) is 16.2. The van der Waals surface area contributed by atoms with Gasteiger partial charge in [-0.1, -0.05) is 30.3 Å². The number of hydrogen-bond acceptors (Lipinski definition) is 5. The van der Waals surface area contributed by atoms with Gasteiger partial charge in [0.15, 0.2) is 0 Å². The molecule has 5 nitrogen and oxygen atoms in total. The normalized spacial score (nSPS) is 17.2. The maximum atomic E-state index is 12.5. The average Bonchev–Trinajstić information content (AvgIpc) is 2.62. The lowest BCUT2D eigenvalue weighted by Gasteiger charge is -2.32. The average molecular weight is 372 g/mol. The van der Waals surface area contributed by atoms with Crippen LogP contribution in [0.15, 0.2) is 36.4 Å². The molecule has 1 atom stereocenters. The number of amides is 1. The molecule has 1 amide bonds. The maximum Gasteiger partial charge on any atom is 0.232 e. The van der Waals surface area contributed by atoms with Crippen molar-refractivity contribution in [1.29, 1.82) is 0 Å². The molecule has 1 aromatic heterocycles. The lowest BCUT2D eigenvalue weighted by molar-refractivity contribution is -0.130. The molecular weight excluding hydrogens is 346 g/mol. The highest BCUT2D eigenvalue weighted by atomic mass is 32.2. The molecule has 0 radical (unpaired) electrons. The number of benzene rings is 1. The van der Waals surface area contributed by atoms with E-state index in [9.17, 15) is 4.79 Å². The highest BCUT2D eigenvalue weighted by molar-refractivity contribution is 7.99. The molecule has 1 aromatic carbocycles. The van der Waals surface area contributed by atoms with E-state index in [1.807, 2.05) is 43.0 Å². The van der Waals surface area contributed by atoms with Crippen LogP contribution in [0.1, 0.15) is 29.9 Å². The van der Waals surface area contributed by atoms with E-state index < -0.39 is 0 Å². The zero-order valence-electron chi connectivity index (χ0n) is 15.4. The van der Waals surface area contributed by atoms with Crippen LogP contribution in [0.4, 0.5) is 0 Å². The summed E-state index contributed by atoms with van der Waals surface area (Å²) in [5.41, 5.74) is 2.15. The van der Waals surface area contributed by atoms with Gasteiger partial charge in [0.25, 0.3) is 0 Å². The molecule has 0 saturated carbocycles. The largest absolute Gasteiger partial charge is 0.472 e. The Bertz CT molecular complexity index is 719. The number of carbonyl (C=O) groups excluding carboxylic acids is 1. The molecule has 1 unspecified atom stereocenters. The Labute approximate surface area is 159 Å². The molecule has 1 fully saturated rings. The van der Waals surface area contributed by atoms with Gasteiger partial charge in [0, 0.05) is 24.1 Å². The molecule has 0 bridgehead atoms. The fraction of sp³-hybridized carbons (Fsp3) is 0.450. The number of aromatic nitrogens is 2. The monoisotopic (exact) mass is 371 g/mol. The molecule has 2 aromatic rings. The first kappa shape index (κ1) is 18.7. The third-order valence-electron chi connectivity index (χ3n) is 4.30. The first-order valence-corrected chi connectivity index (χ1v) is 10.1. The van der Waals surface area contributed by atoms with E-state index in [0.717, 1.165) is 30.8 Å². The van der Waals surface area contributed by atoms with E-state index in [0.29, 0.717) is 24.0 Å². The van der Waals surface area contributed by atoms with Crippen LogP contribution in [0, 0.1) is 13.8 Å². The van der Waals surface area contributed by atoms with E-state index in [1.165, 1.54) is 5.56 Å². The smallest absolute Gasteiger partial charge is 0.232 e. The maximum absolute atomic E-state index is 12.5. The molecule has 6 heteroatoms. The number of rotatable bonds is 6. The standard InChI is InChI=1S/C20H25N3O2S/c1-15-11-19(22-16(2)21-15)25-18-9-6-10-23(12-18)20(24)14-26-13-17-7-4-3-5-8-17/h3-5,7-8,11,18H,6,9-10,12-14H2,1-2H3. The number of likely N-dealkylation sites (tertiary alicyclic amines) is 1. The van der Waals surface area contributed by atoms with Gasteiger partial charge in [-0.2, -0.15) is 4.98 Å². The van der Waals surface area contributed by atoms with Crippen LogP contribution in [-0.4, -0.2) is 45.7 Å². The van der Waals surface area contributed by atoms with Crippen molar-refractivity contribution in [2.24, 2.45) is 0 Å². The van der Waals surface area contributed by atoms with E-state index in [2.05, 4.69) is 22.1 Å². The molecule has 1 saturated heterocycles. The summed E-state index contributed by atoms with van der Waals surface area (Å²) in [7, 11) is 0.